The molecule has 0 saturated heterocycles. The van der Waals surface area contributed by atoms with Crippen LogP contribution in [0.5, 0.6) is 0 Å². The third-order valence-corrected chi connectivity index (χ3v) is 5.65. The Kier molecular flexibility index (Phi) is 6.11. The van der Waals surface area contributed by atoms with Crippen molar-refractivity contribution in [3.05, 3.63) is 69.3 Å². The van der Waals surface area contributed by atoms with E-state index in [2.05, 4.69) is 10.9 Å². The number of hydrogen-bond donors (Lipinski definition) is 2. The molecule has 0 fully saturated rings. The van der Waals surface area contributed by atoms with Gasteiger partial charge in [-0.3, -0.25) is 30.6 Å². The second-order valence-electron chi connectivity index (χ2n) is 5.98. The average molecular weight is 406 g/mol. The fraction of sp³-hybridized carbons (Fsp3) is 0.176. The molecular weight excluding hydrogens is 388 g/mol. The van der Waals surface area contributed by atoms with Gasteiger partial charge in [-0.1, -0.05) is 12.1 Å². The first kappa shape index (κ1) is 21.0. The number of hydrazine groups is 1. The molecule has 0 radical (unpaired) electrons. The largest absolute Gasteiger partial charge is 0.270 e. The lowest BCUT2D eigenvalue weighted by atomic mass is 10.1. The van der Waals surface area contributed by atoms with Gasteiger partial charge in [0.2, 0.25) is 10.0 Å². The number of nitro groups is 1. The predicted molar refractivity (Wildman–Crippen MR) is 100 cm³/mol. The van der Waals surface area contributed by atoms with Crippen LogP contribution in [0, 0.1) is 17.0 Å². The molecule has 2 N–H and O–H groups in total. The molecule has 0 aliphatic rings. The molecule has 28 heavy (non-hydrogen) atoms. The number of benzene rings is 2. The van der Waals surface area contributed by atoms with Gasteiger partial charge in [0.25, 0.3) is 17.5 Å². The van der Waals surface area contributed by atoms with E-state index < -0.39 is 26.8 Å². The van der Waals surface area contributed by atoms with Crippen LogP contribution in [0.25, 0.3) is 0 Å². The van der Waals surface area contributed by atoms with Crippen LogP contribution in [0.1, 0.15) is 26.3 Å². The highest BCUT2D eigenvalue weighted by molar-refractivity contribution is 7.89. The van der Waals surface area contributed by atoms with Gasteiger partial charge >= 0.3 is 0 Å². The van der Waals surface area contributed by atoms with Gasteiger partial charge in [-0.2, -0.15) is 0 Å². The van der Waals surface area contributed by atoms with Gasteiger partial charge in [0.1, 0.15) is 0 Å². The summed E-state index contributed by atoms with van der Waals surface area (Å²) in [5.41, 5.74) is 4.60. The molecule has 0 heterocycles. The first-order chi connectivity index (χ1) is 13.0. The monoisotopic (exact) mass is 406 g/mol. The molecule has 0 saturated carbocycles. The predicted octanol–water partition coefficient (Wildman–Crippen LogP) is 1.23. The van der Waals surface area contributed by atoms with E-state index in [0.29, 0.717) is 5.56 Å². The normalized spacial score (nSPS) is 11.1. The standard InChI is InChI=1S/C17H18N4O6S/c1-11-7-8-14(28(26,27)20(2)3)10-15(11)17(23)19-18-16(22)12-5-4-6-13(9-12)21(24)25/h4-10H,1-3H3,(H,18,22)(H,19,23). The second-order valence-corrected chi connectivity index (χ2v) is 8.13. The molecule has 0 aromatic heterocycles. The van der Waals surface area contributed by atoms with E-state index in [1.54, 1.807) is 6.92 Å². The maximum Gasteiger partial charge on any atom is 0.270 e. The number of aryl methyl sites for hydroxylation is 1. The van der Waals surface area contributed by atoms with Crippen molar-refractivity contribution in [2.24, 2.45) is 0 Å². The van der Waals surface area contributed by atoms with E-state index >= 15 is 0 Å². The lowest BCUT2D eigenvalue weighted by molar-refractivity contribution is -0.384. The molecule has 148 valence electrons. The van der Waals surface area contributed by atoms with Gasteiger partial charge in [0, 0.05) is 37.4 Å². The summed E-state index contributed by atoms with van der Waals surface area (Å²) in [4.78, 5) is 34.5. The van der Waals surface area contributed by atoms with Gasteiger partial charge in [-0.05, 0) is 30.7 Å². The molecule has 0 aliphatic carbocycles. The van der Waals surface area contributed by atoms with Crippen LogP contribution in [0.4, 0.5) is 5.69 Å². The third-order valence-electron chi connectivity index (χ3n) is 3.84. The number of amides is 2. The zero-order valence-electron chi connectivity index (χ0n) is 15.3. The molecule has 0 spiro atoms. The van der Waals surface area contributed by atoms with Crippen molar-refractivity contribution in [1.29, 1.82) is 0 Å². The first-order valence-electron chi connectivity index (χ1n) is 7.92. The molecule has 2 aromatic rings. The Balaban J connectivity index is 2.18. The summed E-state index contributed by atoms with van der Waals surface area (Å²) in [7, 11) is -0.996. The van der Waals surface area contributed by atoms with Crippen molar-refractivity contribution < 1.29 is 22.9 Å². The fourth-order valence-corrected chi connectivity index (χ4v) is 3.16. The highest BCUT2D eigenvalue weighted by Gasteiger charge is 2.20. The summed E-state index contributed by atoms with van der Waals surface area (Å²) in [6.45, 7) is 1.61. The molecule has 0 unspecified atom stereocenters. The fourth-order valence-electron chi connectivity index (χ4n) is 2.23. The van der Waals surface area contributed by atoms with Crippen LogP contribution in [-0.2, 0) is 10.0 Å². The number of nitrogens with zero attached hydrogens (tertiary/aromatic N) is 2. The number of non-ortho nitro benzene ring substituents is 1. The first-order valence-corrected chi connectivity index (χ1v) is 9.36. The van der Waals surface area contributed by atoms with Crippen LogP contribution in [0.15, 0.2) is 47.4 Å². The molecular formula is C17H18N4O6S. The van der Waals surface area contributed by atoms with Gasteiger partial charge in [0.05, 0.1) is 9.82 Å². The Hall–Kier alpha value is -3.31. The van der Waals surface area contributed by atoms with Gasteiger partial charge in [0.15, 0.2) is 0 Å². The minimum Gasteiger partial charge on any atom is -0.267 e. The number of sulfonamides is 1. The van der Waals surface area contributed by atoms with Crippen molar-refractivity contribution in [2.45, 2.75) is 11.8 Å². The zero-order valence-corrected chi connectivity index (χ0v) is 16.1. The highest BCUT2D eigenvalue weighted by atomic mass is 32.2. The Bertz CT molecular complexity index is 1050. The number of nitrogens with one attached hydrogen (secondary N) is 2. The minimum absolute atomic E-state index is 0.0184. The zero-order chi connectivity index (χ0) is 21.1. The van der Waals surface area contributed by atoms with E-state index in [1.807, 2.05) is 0 Å². The minimum atomic E-state index is -3.73. The van der Waals surface area contributed by atoms with Crippen LogP contribution < -0.4 is 10.9 Å². The number of nitro benzene ring substituents is 1. The molecule has 2 rings (SSSR count). The summed E-state index contributed by atoms with van der Waals surface area (Å²) in [5, 5.41) is 10.8. The van der Waals surface area contributed by atoms with Crippen LogP contribution >= 0.6 is 0 Å². The number of carbonyl (C=O) groups is 2. The summed E-state index contributed by atoms with van der Waals surface area (Å²) < 4.78 is 25.5. The summed E-state index contributed by atoms with van der Waals surface area (Å²) in [6.07, 6.45) is 0. The summed E-state index contributed by atoms with van der Waals surface area (Å²) in [6, 6.07) is 9.06. The highest BCUT2D eigenvalue weighted by Crippen LogP contribution is 2.18. The van der Waals surface area contributed by atoms with Gasteiger partial charge in [-0.25, -0.2) is 12.7 Å². The van der Waals surface area contributed by atoms with Crippen molar-refractivity contribution in [3.63, 3.8) is 0 Å². The number of carbonyl (C=O) groups excluding carboxylic acids is 2. The number of rotatable bonds is 5. The lowest BCUT2D eigenvalue weighted by Gasteiger charge is -2.14. The molecule has 2 amide bonds. The maximum atomic E-state index is 12.4. The molecule has 10 nitrogen and oxygen atoms in total. The molecule has 0 bridgehead atoms. The summed E-state index contributed by atoms with van der Waals surface area (Å²) >= 11 is 0. The summed E-state index contributed by atoms with van der Waals surface area (Å²) in [5.74, 6) is -1.49. The van der Waals surface area contributed by atoms with E-state index in [-0.39, 0.29) is 21.7 Å². The van der Waals surface area contributed by atoms with Gasteiger partial charge < -0.3 is 0 Å². The van der Waals surface area contributed by atoms with E-state index in [4.69, 9.17) is 0 Å². The molecule has 2 aromatic carbocycles. The Morgan fingerprint density at radius 3 is 2.29 bits per heavy atom. The van der Waals surface area contributed by atoms with Gasteiger partial charge in [-0.15, -0.1) is 0 Å². The molecule has 0 aliphatic heterocycles. The Morgan fingerprint density at radius 2 is 1.68 bits per heavy atom. The second kappa shape index (κ2) is 8.15. The number of hydrogen-bond acceptors (Lipinski definition) is 6. The van der Waals surface area contributed by atoms with Crippen LogP contribution in [-0.4, -0.2) is 43.6 Å². The van der Waals surface area contributed by atoms with E-state index in [1.165, 1.54) is 50.5 Å². The van der Waals surface area contributed by atoms with Crippen molar-refractivity contribution >= 4 is 27.5 Å². The SMILES string of the molecule is Cc1ccc(S(=O)(=O)N(C)C)cc1C(=O)NNC(=O)c1cccc([N+](=O)[O-])c1. The van der Waals surface area contributed by atoms with Crippen molar-refractivity contribution in [1.82, 2.24) is 15.2 Å². The van der Waals surface area contributed by atoms with E-state index in [0.717, 1.165) is 10.4 Å². The Labute approximate surface area is 161 Å². The maximum absolute atomic E-state index is 12.4. The molecule has 11 heteroatoms. The van der Waals surface area contributed by atoms with E-state index in [9.17, 15) is 28.1 Å². The lowest BCUT2D eigenvalue weighted by Crippen LogP contribution is -2.42. The average Bonchev–Trinajstić information content (AvgIpc) is 2.65. The third kappa shape index (κ3) is 4.50. The quantitative estimate of drug-likeness (QED) is 0.566. The van der Waals surface area contributed by atoms with Crippen molar-refractivity contribution in [3.8, 4) is 0 Å². The van der Waals surface area contributed by atoms with Crippen LogP contribution in [0.3, 0.4) is 0 Å². The van der Waals surface area contributed by atoms with Crippen LogP contribution in [0.2, 0.25) is 0 Å². The Morgan fingerprint density at radius 1 is 1.04 bits per heavy atom. The smallest absolute Gasteiger partial charge is 0.267 e. The van der Waals surface area contributed by atoms with Crippen molar-refractivity contribution in [2.75, 3.05) is 14.1 Å². The topological polar surface area (TPSA) is 139 Å². The molecule has 0 atom stereocenters.